The quantitative estimate of drug-likeness (QED) is 0.777. The molecule has 3 heteroatoms. The van der Waals surface area contributed by atoms with Gasteiger partial charge in [-0.15, -0.1) is 0 Å². The number of benzene rings is 2. The zero-order valence-electron chi connectivity index (χ0n) is 10.2. The number of hydrogen-bond donors (Lipinski definition) is 0. The molecule has 0 fully saturated rings. The molecule has 0 N–H and O–H groups in total. The van der Waals surface area contributed by atoms with Gasteiger partial charge >= 0.3 is 5.97 Å². The molecule has 18 heavy (non-hydrogen) atoms. The predicted molar refractivity (Wildman–Crippen MR) is 75.7 cm³/mol. The lowest BCUT2D eigenvalue weighted by atomic mass is 9.98. The van der Waals surface area contributed by atoms with Gasteiger partial charge in [0.1, 0.15) is 0 Å². The summed E-state index contributed by atoms with van der Waals surface area (Å²) >= 11 is 3.43. The predicted octanol–water partition coefficient (Wildman–Crippen LogP) is 4.21. The maximum atomic E-state index is 11.8. The molecule has 0 saturated heterocycles. The van der Waals surface area contributed by atoms with Gasteiger partial charge in [-0.3, -0.25) is 0 Å². The molecular weight excluding hydrogens is 292 g/mol. The van der Waals surface area contributed by atoms with Crippen LogP contribution in [0.25, 0.3) is 11.1 Å². The van der Waals surface area contributed by atoms with Crippen molar-refractivity contribution in [2.75, 3.05) is 7.11 Å². The number of esters is 1. The van der Waals surface area contributed by atoms with Crippen LogP contribution in [-0.2, 0) is 4.74 Å². The Morgan fingerprint density at radius 2 is 1.94 bits per heavy atom. The van der Waals surface area contributed by atoms with Crippen LogP contribution in [0.15, 0.2) is 46.9 Å². The third-order valence-electron chi connectivity index (χ3n) is 2.72. The van der Waals surface area contributed by atoms with Crippen molar-refractivity contribution in [3.05, 3.63) is 58.1 Å². The third-order valence-corrected chi connectivity index (χ3v) is 3.21. The summed E-state index contributed by atoms with van der Waals surface area (Å²) in [7, 11) is 1.39. The Labute approximate surface area is 115 Å². The molecule has 92 valence electrons. The Morgan fingerprint density at radius 1 is 1.17 bits per heavy atom. The number of ether oxygens (including phenoxy) is 1. The highest BCUT2D eigenvalue weighted by atomic mass is 79.9. The lowest BCUT2D eigenvalue weighted by Crippen LogP contribution is -2.03. The van der Waals surface area contributed by atoms with Crippen molar-refractivity contribution >= 4 is 21.9 Å². The molecule has 0 amide bonds. The number of rotatable bonds is 2. The van der Waals surface area contributed by atoms with Gasteiger partial charge in [0.25, 0.3) is 0 Å². The van der Waals surface area contributed by atoms with Crippen LogP contribution in [0.4, 0.5) is 0 Å². The summed E-state index contributed by atoms with van der Waals surface area (Å²) in [5, 5.41) is 0. The van der Waals surface area contributed by atoms with Gasteiger partial charge in [-0.05, 0) is 36.2 Å². The highest BCUT2D eigenvalue weighted by Gasteiger charge is 2.13. The zero-order valence-corrected chi connectivity index (χ0v) is 11.8. The first kappa shape index (κ1) is 12.8. The summed E-state index contributed by atoms with van der Waals surface area (Å²) in [6, 6.07) is 13.6. The number of hydrogen-bond acceptors (Lipinski definition) is 2. The van der Waals surface area contributed by atoms with Crippen LogP contribution in [0.3, 0.4) is 0 Å². The molecule has 0 aliphatic heterocycles. The molecule has 2 nitrogen and oxygen atoms in total. The average molecular weight is 305 g/mol. The fraction of sp³-hybridized carbons (Fsp3) is 0.133. The van der Waals surface area contributed by atoms with Gasteiger partial charge < -0.3 is 4.74 Å². The smallest absolute Gasteiger partial charge is 0.338 e. The van der Waals surface area contributed by atoms with Crippen LogP contribution in [-0.4, -0.2) is 13.1 Å². The maximum absolute atomic E-state index is 11.8. The first-order valence-corrected chi connectivity index (χ1v) is 6.36. The molecule has 0 unspecified atom stereocenters. The molecular formula is C15H13BrO2. The largest absolute Gasteiger partial charge is 0.465 e. The summed E-state index contributed by atoms with van der Waals surface area (Å²) in [4.78, 5) is 11.8. The standard InChI is InChI=1S/C15H13BrO2/c1-10-4-3-5-11(8-10)14-9-12(16)6-7-13(14)15(17)18-2/h3-9H,1-2H3. The minimum Gasteiger partial charge on any atom is -0.465 e. The number of carbonyl (C=O) groups is 1. The summed E-state index contributed by atoms with van der Waals surface area (Å²) in [6.45, 7) is 2.03. The molecule has 0 heterocycles. The molecule has 2 rings (SSSR count). The summed E-state index contributed by atoms with van der Waals surface area (Å²) < 4.78 is 5.75. The SMILES string of the molecule is COC(=O)c1ccc(Br)cc1-c1cccc(C)c1. The molecule has 0 aliphatic rings. The van der Waals surface area contributed by atoms with Crippen molar-refractivity contribution in [2.24, 2.45) is 0 Å². The first-order chi connectivity index (χ1) is 8.61. The number of aryl methyl sites for hydroxylation is 1. The fourth-order valence-electron chi connectivity index (χ4n) is 1.86. The van der Waals surface area contributed by atoms with Gasteiger partial charge in [-0.2, -0.15) is 0 Å². The molecule has 2 aromatic carbocycles. The average Bonchev–Trinajstić information content (AvgIpc) is 2.38. The van der Waals surface area contributed by atoms with E-state index >= 15 is 0 Å². The molecule has 0 spiro atoms. The minimum absolute atomic E-state index is 0.320. The van der Waals surface area contributed by atoms with E-state index in [1.54, 1.807) is 6.07 Å². The Bertz CT molecular complexity index is 591. The second-order valence-corrected chi connectivity index (χ2v) is 4.97. The lowest BCUT2D eigenvalue weighted by molar-refractivity contribution is 0.0601. The first-order valence-electron chi connectivity index (χ1n) is 5.56. The van der Waals surface area contributed by atoms with Gasteiger partial charge in [-0.1, -0.05) is 45.8 Å². The van der Waals surface area contributed by atoms with E-state index in [9.17, 15) is 4.79 Å². The van der Waals surface area contributed by atoms with Crippen LogP contribution < -0.4 is 0 Å². The summed E-state index contributed by atoms with van der Waals surface area (Å²) in [6.07, 6.45) is 0. The van der Waals surface area contributed by atoms with E-state index in [2.05, 4.69) is 15.9 Å². The number of carbonyl (C=O) groups excluding carboxylic acids is 1. The molecule has 0 aromatic heterocycles. The zero-order chi connectivity index (χ0) is 13.1. The highest BCUT2D eigenvalue weighted by Crippen LogP contribution is 2.28. The van der Waals surface area contributed by atoms with Crippen molar-refractivity contribution in [3.63, 3.8) is 0 Å². The van der Waals surface area contributed by atoms with Gasteiger partial charge in [-0.25, -0.2) is 4.79 Å². The maximum Gasteiger partial charge on any atom is 0.338 e. The van der Waals surface area contributed by atoms with E-state index in [0.29, 0.717) is 5.56 Å². The van der Waals surface area contributed by atoms with Gasteiger partial charge in [0, 0.05) is 4.47 Å². The summed E-state index contributed by atoms with van der Waals surface area (Å²) in [5.41, 5.74) is 3.62. The molecule has 0 bridgehead atoms. The topological polar surface area (TPSA) is 26.3 Å². The molecule has 0 aliphatic carbocycles. The van der Waals surface area contributed by atoms with Gasteiger partial charge in [0.2, 0.25) is 0 Å². The second-order valence-electron chi connectivity index (χ2n) is 4.05. The van der Waals surface area contributed by atoms with Crippen molar-refractivity contribution in [1.82, 2.24) is 0 Å². The van der Waals surface area contributed by atoms with Crippen LogP contribution in [0, 0.1) is 6.92 Å². The van der Waals surface area contributed by atoms with Crippen molar-refractivity contribution in [3.8, 4) is 11.1 Å². The Morgan fingerprint density at radius 3 is 2.61 bits per heavy atom. The lowest BCUT2D eigenvalue weighted by Gasteiger charge is -2.09. The molecule has 2 aromatic rings. The Hall–Kier alpha value is -1.61. The fourth-order valence-corrected chi connectivity index (χ4v) is 2.22. The molecule has 0 saturated carbocycles. The monoisotopic (exact) mass is 304 g/mol. The van der Waals surface area contributed by atoms with Crippen molar-refractivity contribution in [2.45, 2.75) is 6.92 Å². The van der Waals surface area contributed by atoms with Crippen LogP contribution in [0.2, 0.25) is 0 Å². The molecule has 0 radical (unpaired) electrons. The van der Waals surface area contributed by atoms with Gasteiger partial charge in [0.05, 0.1) is 12.7 Å². The van der Waals surface area contributed by atoms with E-state index in [1.165, 1.54) is 7.11 Å². The van der Waals surface area contributed by atoms with Crippen molar-refractivity contribution < 1.29 is 9.53 Å². The van der Waals surface area contributed by atoms with E-state index in [4.69, 9.17) is 4.74 Å². The minimum atomic E-state index is -0.320. The third kappa shape index (κ3) is 2.62. The van der Waals surface area contributed by atoms with E-state index in [-0.39, 0.29) is 5.97 Å². The van der Waals surface area contributed by atoms with E-state index in [0.717, 1.165) is 21.2 Å². The van der Waals surface area contributed by atoms with Crippen molar-refractivity contribution in [1.29, 1.82) is 0 Å². The van der Waals surface area contributed by atoms with E-state index < -0.39 is 0 Å². The van der Waals surface area contributed by atoms with Crippen LogP contribution in [0.1, 0.15) is 15.9 Å². The van der Waals surface area contributed by atoms with E-state index in [1.807, 2.05) is 43.3 Å². The van der Waals surface area contributed by atoms with Crippen LogP contribution in [0.5, 0.6) is 0 Å². The van der Waals surface area contributed by atoms with Crippen LogP contribution >= 0.6 is 15.9 Å². The number of halogens is 1. The molecule has 0 atom stereocenters. The number of methoxy groups -OCH3 is 1. The Balaban J connectivity index is 2.61. The highest BCUT2D eigenvalue weighted by molar-refractivity contribution is 9.10. The second kappa shape index (κ2) is 5.36. The summed E-state index contributed by atoms with van der Waals surface area (Å²) in [5.74, 6) is -0.320. The van der Waals surface area contributed by atoms with Gasteiger partial charge in [0.15, 0.2) is 0 Å². The normalized spacial score (nSPS) is 10.2. The Kier molecular flexibility index (Phi) is 3.82.